The molecule has 0 radical (unpaired) electrons. The molecular formula is C31H49N3O4. The Morgan fingerprint density at radius 3 is 2.05 bits per heavy atom. The molecule has 7 nitrogen and oxygen atoms in total. The van der Waals surface area contributed by atoms with Gasteiger partial charge in [-0.2, -0.15) is 0 Å². The molecule has 7 heteroatoms. The number of carbonyl (C=O) groups is 3. The fourth-order valence-electron chi connectivity index (χ4n) is 5.64. The SMILES string of the molecule is Cc1cc(C)cc(C(C(=O)NC2CCCCC2)N(C(=O)C(CC(C)C)NC(=O)OC(C)(C)C)C2CCC2)c1. The highest BCUT2D eigenvalue weighted by Crippen LogP contribution is 2.35. The fourth-order valence-corrected chi connectivity index (χ4v) is 5.64. The third-order valence-electron chi connectivity index (χ3n) is 7.46. The zero-order valence-electron chi connectivity index (χ0n) is 24.6. The molecule has 2 unspecified atom stereocenters. The lowest BCUT2D eigenvalue weighted by atomic mass is 9.86. The highest BCUT2D eigenvalue weighted by molar-refractivity contribution is 5.92. The number of benzene rings is 1. The van der Waals surface area contributed by atoms with Gasteiger partial charge in [0.1, 0.15) is 17.7 Å². The molecule has 0 heterocycles. The highest BCUT2D eigenvalue weighted by Gasteiger charge is 2.42. The summed E-state index contributed by atoms with van der Waals surface area (Å²) < 4.78 is 5.50. The van der Waals surface area contributed by atoms with Gasteiger partial charge in [0.05, 0.1) is 0 Å². The molecule has 212 valence electrons. The summed E-state index contributed by atoms with van der Waals surface area (Å²) in [6.07, 6.45) is 7.94. The molecule has 0 aliphatic heterocycles. The topological polar surface area (TPSA) is 87.7 Å². The van der Waals surface area contributed by atoms with Crippen molar-refractivity contribution in [3.05, 3.63) is 34.9 Å². The van der Waals surface area contributed by atoms with E-state index in [4.69, 9.17) is 4.74 Å². The maximum atomic E-state index is 14.4. The summed E-state index contributed by atoms with van der Waals surface area (Å²) in [7, 11) is 0. The maximum absolute atomic E-state index is 14.4. The molecule has 0 saturated heterocycles. The Balaban J connectivity index is 1.99. The van der Waals surface area contributed by atoms with E-state index in [1.54, 1.807) is 25.7 Å². The summed E-state index contributed by atoms with van der Waals surface area (Å²) in [4.78, 5) is 43.0. The molecule has 3 amide bonds. The van der Waals surface area contributed by atoms with Gasteiger partial charge in [0, 0.05) is 12.1 Å². The Morgan fingerprint density at radius 1 is 0.947 bits per heavy atom. The van der Waals surface area contributed by atoms with Crippen LogP contribution in [0.15, 0.2) is 18.2 Å². The van der Waals surface area contributed by atoms with Crippen LogP contribution >= 0.6 is 0 Å². The molecule has 2 fully saturated rings. The standard InChI is InChI=1S/C31H49N3O4/c1-20(2)16-26(33-30(37)38-31(5,6)7)29(36)34(25-14-11-15-25)27(23-18-21(3)17-22(4)19-23)28(35)32-24-12-9-8-10-13-24/h17-20,24-27H,8-16H2,1-7H3,(H,32,35)(H,33,37). The van der Waals surface area contributed by atoms with Gasteiger partial charge in [-0.3, -0.25) is 9.59 Å². The number of hydrogen-bond donors (Lipinski definition) is 2. The Hall–Kier alpha value is -2.57. The number of rotatable bonds is 9. The third-order valence-corrected chi connectivity index (χ3v) is 7.46. The number of aryl methyl sites for hydroxylation is 2. The van der Waals surface area contributed by atoms with Crippen molar-refractivity contribution in [2.75, 3.05) is 0 Å². The first-order valence-electron chi connectivity index (χ1n) is 14.5. The molecule has 2 N–H and O–H groups in total. The number of carbonyl (C=O) groups excluding carboxylic acids is 3. The minimum Gasteiger partial charge on any atom is -0.444 e. The maximum Gasteiger partial charge on any atom is 0.408 e. The first-order chi connectivity index (χ1) is 17.8. The molecule has 1 aromatic rings. The van der Waals surface area contributed by atoms with Crippen LogP contribution < -0.4 is 10.6 Å². The van der Waals surface area contributed by atoms with Gasteiger partial charge >= 0.3 is 6.09 Å². The molecule has 2 atom stereocenters. The van der Waals surface area contributed by atoms with Crippen molar-refractivity contribution in [2.24, 2.45) is 5.92 Å². The van der Waals surface area contributed by atoms with Crippen LogP contribution in [-0.4, -0.2) is 46.5 Å². The lowest BCUT2D eigenvalue weighted by Crippen LogP contribution is -2.58. The average Bonchev–Trinajstić information content (AvgIpc) is 2.75. The van der Waals surface area contributed by atoms with Crippen molar-refractivity contribution >= 4 is 17.9 Å². The van der Waals surface area contributed by atoms with Crippen LogP contribution in [0.5, 0.6) is 0 Å². The van der Waals surface area contributed by atoms with Gasteiger partial charge in [-0.1, -0.05) is 62.4 Å². The van der Waals surface area contributed by atoms with E-state index in [1.165, 1.54) is 6.42 Å². The quantitative estimate of drug-likeness (QED) is 0.405. The molecule has 0 bridgehead atoms. The summed E-state index contributed by atoms with van der Waals surface area (Å²) in [5, 5.41) is 6.16. The van der Waals surface area contributed by atoms with Gasteiger partial charge in [0.15, 0.2) is 0 Å². The largest absolute Gasteiger partial charge is 0.444 e. The van der Waals surface area contributed by atoms with Gasteiger partial charge in [0.25, 0.3) is 0 Å². The van der Waals surface area contributed by atoms with Gasteiger partial charge < -0.3 is 20.3 Å². The lowest BCUT2D eigenvalue weighted by molar-refractivity contribution is -0.148. The van der Waals surface area contributed by atoms with E-state index in [-0.39, 0.29) is 29.8 Å². The van der Waals surface area contributed by atoms with Crippen molar-refractivity contribution < 1.29 is 19.1 Å². The van der Waals surface area contributed by atoms with Crippen molar-refractivity contribution in [1.29, 1.82) is 0 Å². The van der Waals surface area contributed by atoms with Crippen LogP contribution in [0, 0.1) is 19.8 Å². The van der Waals surface area contributed by atoms with Crippen LogP contribution in [0.3, 0.4) is 0 Å². The molecule has 3 rings (SSSR count). The Bertz CT molecular complexity index is 954. The second kappa shape index (κ2) is 13.0. The average molecular weight is 528 g/mol. The molecule has 0 spiro atoms. The Kier molecular flexibility index (Phi) is 10.2. The van der Waals surface area contributed by atoms with E-state index in [2.05, 4.69) is 16.7 Å². The van der Waals surface area contributed by atoms with Crippen molar-refractivity contribution in [3.8, 4) is 0 Å². The lowest BCUT2D eigenvalue weighted by Gasteiger charge is -2.44. The van der Waals surface area contributed by atoms with E-state index in [1.807, 2.05) is 39.8 Å². The van der Waals surface area contributed by atoms with E-state index in [9.17, 15) is 14.4 Å². The van der Waals surface area contributed by atoms with Gasteiger partial charge in [-0.25, -0.2) is 4.79 Å². The van der Waals surface area contributed by atoms with Crippen molar-refractivity contribution in [2.45, 2.75) is 136 Å². The zero-order chi connectivity index (χ0) is 28.0. The highest BCUT2D eigenvalue weighted by atomic mass is 16.6. The summed E-state index contributed by atoms with van der Waals surface area (Å²) >= 11 is 0. The van der Waals surface area contributed by atoms with E-state index >= 15 is 0 Å². The smallest absolute Gasteiger partial charge is 0.408 e. The predicted octanol–water partition coefficient (Wildman–Crippen LogP) is 6.11. The molecule has 2 aliphatic rings. The minimum absolute atomic E-state index is 0.0412. The number of nitrogens with one attached hydrogen (secondary N) is 2. The normalized spacial score (nSPS) is 18.3. The molecule has 1 aromatic carbocycles. The summed E-state index contributed by atoms with van der Waals surface area (Å²) in [6.45, 7) is 13.5. The molecule has 0 aromatic heterocycles. The summed E-state index contributed by atoms with van der Waals surface area (Å²) in [6, 6.07) is 4.70. The molecular weight excluding hydrogens is 478 g/mol. The van der Waals surface area contributed by atoms with Crippen LogP contribution in [-0.2, 0) is 14.3 Å². The number of ether oxygens (including phenoxy) is 1. The van der Waals surface area contributed by atoms with Crippen LogP contribution in [0.25, 0.3) is 0 Å². The number of nitrogens with zero attached hydrogens (tertiary/aromatic N) is 1. The second-order valence-corrected chi connectivity index (χ2v) is 12.8. The Morgan fingerprint density at radius 2 is 1.55 bits per heavy atom. The first-order valence-corrected chi connectivity index (χ1v) is 14.5. The zero-order valence-corrected chi connectivity index (χ0v) is 24.6. The number of amides is 3. The number of alkyl carbamates (subject to hydrolysis) is 1. The minimum atomic E-state index is -0.777. The third kappa shape index (κ3) is 8.47. The van der Waals surface area contributed by atoms with Crippen LogP contribution in [0.1, 0.15) is 115 Å². The molecule has 2 aliphatic carbocycles. The van der Waals surface area contributed by atoms with Gasteiger partial charge in [-0.05, 0) is 84.6 Å². The van der Waals surface area contributed by atoms with Crippen LogP contribution in [0.4, 0.5) is 4.79 Å². The predicted molar refractivity (Wildman–Crippen MR) is 151 cm³/mol. The second-order valence-electron chi connectivity index (χ2n) is 12.8. The van der Waals surface area contributed by atoms with E-state index < -0.39 is 23.8 Å². The van der Waals surface area contributed by atoms with E-state index in [0.717, 1.165) is 61.6 Å². The molecule has 38 heavy (non-hydrogen) atoms. The van der Waals surface area contributed by atoms with Gasteiger partial charge in [-0.15, -0.1) is 0 Å². The first kappa shape index (κ1) is 30.0. The number of hydrogen-bond acceptors (Lipinski definition) is 4. The van der Waals surface area contributed by atoms with Crippen molar-refractivity contribution in [3.63, 3.8) is 0 Å². The molecule has 2 saturated carbocycles. The fraction of sp³-hybridized carbons (Fsp3) is 0.710. The van der Waals surface area contributed by atoms with Crippen LogP contribution in [0.2, 0.25) is 0 Å². The van der Waals surface area contributed by atoms with Crippen molar-refractivity contribution in [1.82, 2.24) is 15.5 Å². The van der Waals surface area contributed by atoms with Gasteiger partial charge in [0.2, 0.25) is 11.8 Å². The summed E-state index contributed by atoms with van der Waals surface area (Å²) in [5.74, 6) is -0.169. The monoisotopic (exact) mass is 527 g/mol. The Labute approximate surface area is 229 Å². The summed E-state index contributed by atoms with van der Waals surface area (Å²) in [5.41, 5.74) is 2.27. The van der Waals surface area contributed by atoms with E-state index in [0.29, 0.717) is 6.42 Å².